The van der Waals surface area contributed by atoms with Crippen molar-refractivity contribution >= 4 is 23.4 Å². The molecule has 0 unspecified atom stereocenters. The number of nitro groups is 1. The molecule has 2 rings (SSSR count). The van der Waals surface area contributed by atoms with Gasteiger partial charge in [0.2, 0.25) is 0 Å². The van der Waals surface area contributed by atoms with Crippen molar-refractivity contribution < 1.29 is 33.9 Å². The highest BCUT2D eigenvalue weighted by atomic mass is 16.6. The summed E-state index contributed by atoms with van der Waals surface area (Å²) in [6, 6.07) is 6.44. The van der Waals surface area contributed by atoms with Crippen molar-refractivity contribution in [2.24, 2.45) is 0 Å². The van der Waals surface area contributed by atoms with E-state index in [9.17, 15) is 29.6 Å². The molecule has 2 aromatic carbocycles. The highest BCUT2D eigenvalue weighted by molar-refractivity contribution is 6.13. The largest absolute Gasteiger partial charge is 0.507 e. The van der Waals surface area contributed by atoms with E-state index in [1.165, 1.54) is 6.07 Å². The number of phenols is 1. The summed E-state index contributed by atoms with van der Waals surface area (Å²) in [4.78, 5) is 46.4. The lowest BCUT2D eigenvalue weighted by molar-refractivity contribution is -0.384. The van der Waals surface area contributed by atoms with E-state index in [1.807, 2.05) is 0 Å². The third kappa shape index (κ3) is 3.66. The fraction of sp³-hybridized carbons (Fsp3) is 0.118. The minimum Gasteiger partial charge on any atom is -0.507 e. The minimum atomic E-state index is -0.817. The van der Waals surface area contributed by atoms with Crippen LogP contribution >= 0.6 is 0 Å². The molecule has 0 saturated carbocycles. The fourth-order valence-corrected chi connectivity index (χ4v) is 2.21. The molecule has 26 heavy (non-hydrogen) atoms. The monoisotopic (exact) mass is 359 g/mol. The number of benzene rings is 2. The van der Waals surface area contributed by atoms with Crippen LogP contribution in [0, 0.1) is 10.1 Å². The van der Waals surface area contributed by atoms with E-state index in [1.54, 1.807) is 0 Å². The standard InChI is InChI=1S/C17H13NO8/c1-25-16(21)10-5-9(6-11(7-10)17(22)26-2)15(20)13-8-12(18(23)24)3-4-14(13)19/h3-8,19H,1-2H3. The van der Waals surface area contributed by atoms with Gasteiger partial charge >= 0.3 is 11.9 Å². The molecule has 9 nitrogen and oxygen atoms in total. The summed E-state index contributed by atoms with van der Waals surface area (Å²) in [6.07, 6.45) is 0. The third-order valence-corrected chi connectivity index (χ3v) is 3.47. The number of rotatable bonds is 5. The number of carbonyl (C=O) groups excluding carboxylic acids is 3. The molecule has 1 N–H and O–H groups in total. The number of carbonyl (C=O) groups is 3. The lowest BCUT2D eigenvalue weighted by Gasteiger charge is -2.08. The summed E-state index contributed by atoms with van der Waals surface area (Å²) < 4.78 is 9.16. The summed E-state index contributed by atoms with van der Waals surface area (Å²) in [5.74, 6) is -2.90. The molecule has 0 saturated heterocycles. The van der Waals surface area contributed by atoms with Gasteiger partial charge in [-0.05, 0) is 24.3 Å². The van der Waals surface area contributed by atoms with Crippen LogP contribution in [-0.2, 0) is 9.47 Å². The first-order valence-electron chi connectivity index (χ1n) is 7.12. The molecule has 0 aliphatic carbocycles. The molecule has 0 aliphatic heterocycles. The number of ketones is 1. The molecule has 0 aromatic heterocycles. The molecule has 0 bridgehead atoms. The van der Waals surface area contributed by atoms with Crippen molar-refractivity contribution in [1.29, 1.82) is 0 Å². The number of methoxy groups -OCH3 is 2. The zero-order valence-corrected chi connectivity index (χ0v) is 13.7. The normalized spacial score (nSPS) is 10.1. The highest BCUT2D eigenvalue weighted by Crippen LogP contribution is 2.26. The van der Waals surface area contributed by atoms with Crippen LogP contribution in [0.25, 0.3) is 0 Å². The predicted molar refractivity (Wildman–Crippen MR) is 87.3 cm³/mol. The Morgan fingerprint density at radius 3 is 1.88 bits per heavy atom. The van der Waals surface area contributed by atoms with Crippen molar-refractivity contribution in [2.45, 2.75) is 0 Å². The van der Waals surface area contributed by atoms with Crippen LogP contribution < -0.4 is 0 Å². The van der Waals surface area contributed by atoms with E-state index >= 15 is 0 Å². The molecule has 0 amide bonds. The molecule has 0 atom stereocenters. The Bertz CT molecular complexity index is 885. The first-order valence-corrected chi connectivity index (χ1v) is 7.12. The van der Waals surface area contributed by atoms with Crippen molar-refractivity contribution in [3.63, 3.8) is 0 Å². The maximum Gasteiger partial charge on any atom is 0.337 e. The van der Waals surface area contributed by atoms with Gasteiger partial charge in [0.15, 0.2) is 5.78 Å². The minimum absolute atomic E-state index is 0.0938. The van der Waals surface area contributed by atoms with Gasteiger partial charge in [0.1, 0.15) is 5.75 Å². The number of non-ortho nitro benzene ring substituents is 1. The van der Waals surface area contributed by atoms with Gasteiger partial charge in [-0.2, -0.15) is 0 Å². The second kappa shape index (κ2) is 7.43. The Hall–Kier alpha value is -3.75. The lowest BCUT2D eigenvalue weighted by atomic mass is 9.97. The Morgan fingerprint density at radius 1 is 0.923 bits per heavy atom. The maximum atomic E-state index is 12.7. The molecule has 134 valence electrons. The number of esters is 2. The smallest absolute Gasteiger partial charge is 0.337 e. The number of hydrogen-bond donors (Lipinski definition) is 1. The molecular weight excluding hydrogens is 346 g/mol. The Kier molecular flexibility index (Phi) is 5.31. The first kappa shape index (κ1) is 18.6. The SMILES string of the molecule is COC(=O)c1cc(C(=O)OC)cc(C(=O)c2cc([N+](=O)[O-])ccc2O)c1. The average molecular weight is 359 g/mol. The van der Waals surface area contributed by atoms with Crippen molar-refractivity contribution in [3.05, 3.63) is 68.8 Å². The van der Waals surface area contributed by atoms with Crippen LogP contribution in [0.2, 0.25) is 0 Å². The van der Waals surface area contributed by atoms with E-state index in [4.69, 9.17) is 0 Å². The van der Waals surface area contributed by atoms with Gasteiger partial charge in [-0.25, -0.2) is 9.59 Å². The van der Waals surface area contributed by atoms with Crippen LogP contribution in [0.4, 0.5) is 5.69 Å². The molecule has 2 aromatic rings. The van der Waals surface area contributed by atoms with Crippen molar-refractivity contribution in [2.75, 3.05) is 14.2 Å². The molecule has 0 heterocycles. The van der Waals surface area contributed by atoms with E-state index in [0.717, 1.165) is 44.6 Å². The quantitative estimate of drug-likeness (QED) is 0.371. The molecule has 9 heteroatoms. The molecule has 0 aliphatic rings. The van der Waals surface area contributed by atoms with Gasteiger partial charge in [-0.3, -0.25) is 14.9 Å². The number of nitro benzene ring substituents is 1. The second-order valence-corrected chi connectivity index (χ2v) is 5.07. The van der Waals surface area contributed by atoms with Crippen molar-refractivity contribution in [3.8, 4) is 5.75 Å². The molecular formula is C17H13NO8. The highest BCUT2D eigenvalue weighted by Gasteiger charge is 2.22. The van der Waals surface area contributed by atoms with Crippen LogP contribution in [-0.4, -0.2) is 42.0 Å². The Labute approximate surface area is 146 Å². The van der Waals surface area contributed by atoms with Gasteiger partial charge in [-0.15, -0.1) is 0 Å². The van der Waals surface area contributed by atoms with E-state index in [2.05, 4.69) is 9.47 Å². The van der Waals surface area contributed by atoms with E-state index in [-0.39, 0.29) is 22.3 Å². The second-order valence-electron chi connectivity index (χ2n) is 5.07. The topological polar surface area (TPSA) is 133 Å². The van der Waals surface area contributed by atoms with Crippen LogP contribution in [0.1, 0.15) is 36.6 Å². The van der Waals surface area contributed by atoms with Crippen LogP contribution in [0.15, 0.2) is 36.4 Å². The molecule has 0 fully saturated rings. The van der Waals surface area contributed by atoms with Gasteiger partial charge in [0.05, 0.1) is 35.8 Å². The number of phenolic OH excluding ortho intramolecular Hbond substituents is 1. The van der Waals surface area contributed by atoms with E-state index < -0.39 is 34.1 Å². The number of hydrogen-bond acceptors (Lipinski definition) is 8. The van der Waals surface area contributed by atoms with Crippen molar-refractivity contribution in [1.82, 2.24) is 0 Å². The summed E-state index contributed by atoms with van der Waals surface area (Å²) in [5, 5.41) is 20.7. The predicted octanol–water partition coefficient (Wildman–Crippen LogP) is 2.10. The molecule has 0 spiro atoms. The summed E-state index contributed by atoms with van der Waals surface area (Å²) in [7, 11) is 2.25. The summed E-state index contributed by atoms with van der Waals surface area (Å²) >= 11 is 0. The van der Waals surface area contributed by atoms with Gasteiger partial charge in [-0.1, -0.05) is 0 Å². The van der Waals surface area contributed by atoms with Gasteiger partial charge < -0.3 is 14.6 Å². The first-order chi connectivity index (χ1) is 12.3. The zero-order valence-electron chi connectivity index (χ0n) is 13.7. The third-order valence-electron chi connectivity index (χ3n) is 3.47. The number of aromatic hydroxyl groups is 1. The zero-order chi connectivity index (χ0) is 19.4. The maximum absolute atomic E-state index is 12.7. The van der Waals surface area contributed by atoms with Crippen LogP contribution in [0.3, 0.4) is 0 Å². The van der Waals surface area contributed by atoms with Gasteiger partial charge in [0, 0.05) is 17.7 Å². The summed E-state index contributed by atoms with van der Waals surface area (Å²) in [5.41, 5.74) is -1.09. The Balaban J connectivity index is 2.61. The van der Waals surface area contributed by atoms with Crippen LogP contribution in [0.5, 0.6) is 5.75 Å². The molecule has 0 radical (unpaired) electrons. The number of nitrogens with zero attached hydrogens (tertiary/aromatic N) is 1. The lowest BCUT2D eigenvalue weighted by Crippen LogP contribution is -2.11. The average Bonchev–Trinajstić information content (AvgIpc) is 2.65. The Morgan fingerprint density at radius 2 is 1.42 bits per heavy atom. The summed E-state index contributed by atoms with van der Waals surface area (Å²) in [6.45, 7) is 0. The fourth-order valence-electron chi connectivity index (χ4n) is 2.21. The number of ether oxygens (including phenoxy) is 2. The van der Waals surface area contributed by atoms with E-state index in [0.29, 0.717) is 0 Å². The van der Waals surface area contributed by atoms with Gasteiger partial charge in [0.25, 0.3) is 5.69 Å².